The maximum atomic E-state index is 13.8. The van der Waals surface area contributed by atoms with E-state index in [1.807, 2.05) is 66.1 Å². The number of aryl methyl sites for hydroxylation is 1. The third-order valence-corrected chi connectivity index (χ3v) is 5.49. The van der Waals surface area contributed by atoms with Crippen molar-refractivity contribution in [2.45, 2.75) is 13.0 Å². The number of benzene rings is 1. The molecule has 3 heterocycles. The molecular weight excluding hydrogens is 426 g/mol. The summed E-state index contributed by atoms with van der Waals surface area (Å²) in [5, 5.41) is 3.34. The van der Waals surface area contributed by atoms with Crippen molar-refractivity contribution in [3.8, 4) is 0 Å². The lowest BCUT2D eigenvalue weighted by Gasteiger charge is -2.36. The van der Waals surface area contributed by atoms with Crippen molar-refractivity contribution < 1.29 is 8.78 Å². The molecule has 0 saturated carbocycles. The van der Waals surface area contributed by atoms with Gasteiger partial charge < -0.3 is 20.0 Å². The lowest BCUT2D eigenvalue weighted by molar-refractivity contribution is 0.00315. The van der Waals surface area contributed by atoms with Crippen LogP contribution in [0.4, 0.5) is 37.9 Å². The van der Waals surface area contributed by atoms with Crippen LogP contribution in [0.15, 0.2) is 48.7 Å². The van der Waals surface area contributed by atoms with E-state index in [0.29, 0.717) is 37.9 Å². The van der Waals surface area contributed by atoms with E-state index in [0.717, 1.165) is 11.5 Å². The average Bonchev–Trinajstić information content (AvgIpc) is 2.80. The number of aromatic nitrogens is 3. The van der Waals surface area contributed by atoms with Crippen molar-refractivity contribution >= 4 is 29.1 Å². The Bertz CT molecular complexity index is 1090. The summed E-state index contributed by atoms with van der Waals surface area (Å²) in [6.45, 7) is 4.16. The van der Waals surface area contributed by atoms with E-state index in [1.165, 1.54) is 23.9 Å². The first-order chi connectivity index (χ1) is 15.7. The fourth-order valence-electron chi connectivity index (χ4n) is 3.67. The summed E-state index contributed by atoms with van der Waals surface area (Å²) in [6, 6.07) is 9.32. The predicted octanol–water partition coefficient (Wildman–Crippen LogP) is 3.32. The molecule has 0 aliphatic carbocycles. The van der Waals surface area contributed by atoms with E-state index in [1.54, 1.807) is 0 Å². The average molecular weight is 455 g/mol. The number of nitrogens with one attached hydrogen (secondary N) is 1. The highest BCUT2D eigenvalue weighted by molar-refractivity contribution is 5.62. The van der Waals surface area contributed by atoms with Crippen LogP contribution in [-0.4, -0.2) is 55.2 Å². The van der Waals surface area contributed by atoms with Crippen molar-refractivity contribution in [3.05, 3.63) is 59.8 Å². The number of nitrogens with two attached hydrogens (primary N) is 1. The molecule has 0 amide bonds. The summed E-state index contributed by atoms with van der Waals surface area (Å²) in [5.41, 5.74) is 6.92. The van der Waals surface area contributed by atoms with Gasteiger partial charge in [-0.1, -0.05) is 17.7 Å². The molecule has 3 aromatic rings. The Morgan fingerprint density at radius 1 is 1.00 bits per heavy atom. The Kier molecular flexibility index (Phi) is 6.28. The van der Waals surface area contributed by atoms with Gasteiger partial charge in [-0.25, -0.2) is 4.98 Å². The minimum Gasteiger partial charge on any atom is -0.363 e. The molecule has 3 N–H and O–H groups in total. The minimum atomic E-state index is -3.44. The topological polar surface area (TPSA) is 86.4 Å². The van der Waals surface area contributed by atoms with Crippen LogP contribution in [0.25, 0.3) is 0 Å². The summed E-state index contributed by atoms with van der Waals surface area (Å²) in [7, 11) is 3.85. The first-order valence-corrected chi connectivity index (χ1v) is 10.7. The fourth-order valence-corrected chi connectivity index (χ4v) is 3.67. The molecule has 8 nitrogen and oxygen atoms in total. The zero-order chi connectivity index (χ0) is 23.6. The predicted molar refractivity (Wildman–Crippen MR) is 128 cm³/mol. The molecule has 1 aliphatic heterocycles. The number of alkyl halides is 2. The van der Waals surface area contributed by atoms with E-state index in [2.05, 4.69) is 10.3 Å². The van der Waals surface area contributed by atoms with Gasteiger partial charge in [-0.2, -0.15) is 18.7 Å². The third kappa shape index (κ3) is 5.28. The summed E-state index contributed by atoms with van der Waals surface area (Å²) in [4.78, 5) is 19.4. The molecule has 10 heteroatoms. The third-order valence-electron chi connectivity index (χ3n) is 5.49. The van der Waals surface area contributed by atoms with Gasteiger partial charge in [-0.05, 0) is 31.2 Å². The minimum absolute atomic E-state index is 0.217. The van der Waals surface area contributed by atoms with E-state index < -0.39 is 6.05 Å². The lowest BCUT2D eigenvalue weighted by Crippen LogP contribution is -2.48. The molecule has 0 radical (unpaired) electrons. The fraction of sp³-hybridized carbons (Fsp3) is 0.348. The Morgan fingerprint density at radius 3 is 2.30 bits per heavy atom. The Balaban J connectivity index is 1.53. The summed E-state index contributed by atoms with van der Waals surface area (Å²) in [6.07, 6.45) is 1.50. The quantitative estimate of drug-likeness (QED) is 0.549. The van der Waals surface area contributed by atoms with Gasteiger partial charge in [0.2, 0.25) is 5.95 Å². The second kappa shape index (κ2) is 9.14. The van der Waals surface area contributed by atoms with Gasteiger partial charge in [0.15, 0.2) is 0 Å². The molecule has 0 unspecified atom stereocenters. The number of anilines is 5. The van der Waals surface area contributed by atoms with Crippen LogP contribution in [0.1, 0.15) is 11.1 Å². The summed E-state index contributed by atoms with van der Waals surface area (Å²) < 4.78 is 27.7. The van der Waals surface area contributed by atoms with Gasteiger partial charge in [-0.3, -0.25) is 5.73 Å². The molecule has 1 fully saturated rings. The van der Waals surface area contributed by atoms with Gasteiger partial charge >= 0.3 is 6.05 Å². The van der Waals surface area contributed by atoms with E-state index in [4.69, 9.17) is 15.7 Å². The van der Waals surface area contributed by atoms with Gasteiger partial charge in [0.1, 0.15) is 17.5 Å². The largest absolute Gasteiger partial charge is 0.363 e. The first-order valence-electron chi connectivity index (χ1n) is 10.7. The van der Waals surface area contributed by atoms with Crippen LogP contribution in [0, 0.1) is 6.92 Å². The second-order valence-corrected chi connectivity index (χ2v) is 8.27. The Labute approximate surface area is 192 Å². The van der Waals surface area contributed by atoms with E-state index in [9.17, 15) is 8.78 Å². The Morgan fingerprint density at radius 2 is 1.67 bits per heavy atom. The highest BCUT2D eigenvalue weighted by Crippen LogP contribution is 2.30. The van der Waals surface area contributed by atoms with Crippen LogP contribution in [0.5, 0.6) is 0 Å². The van der Waals surface area contributed by atoms with Crippen LogP contribution in [0.3, 0.4) is 0 Å². The number of hydrogen-bond donors (Lipinski definition) is 2. The Hall–Kier alpha value is -3.53. The maximum Gasteiger partial charge on any atom is 0.330 e. The number of halogens is 2. The zero-order valence-electron chi connectivity index (χ0n) is 19.0. The normalized spacial score (nSPS) is 14.4. The molecule has 4 rings (SSSR count). The van der Waals surface area contributed by atoms with Gasteiger partial charge in [-0.15, -0.1) is 0 Å². The molecule has 174 valence electrons. The van der Waals surface area contributed by atoms with Crippen LogP contribution in [-0.2, 0) is 6.05 Å². The van der Waals surface area contributed by atoms with Gasteiger partial charge in [0.25, 0.3) is 0 Å². The van der Waals surface area contributed by atoms with Crippen LogP contribution in [0.2, 0.25) is 0 Å². The molecule has 0 spiro atoms. The maximum absolute atomic E-state index is 13.8. The first kappa shape index (κ1) is 22.7. The van der Waals surface area contributed by atoms with Crippen molar-refractivity contribution in [1.82, 2.24) is 15.0 Å². The SMILES string of the molecule is Cc1ccc(Nc2cc(N(C)C)nc(N3CCN(c4ncccc4C(N)(F)F)CC3)n2)cc1. The van der Waals surface area contributed by atoms with E-state index in [-0.39, 0.29) is 11.4 Å². The number of piperazine rings is 1. The number of nitrogens with zero attached hydrogens (tertiary/aromatic N) is 6. The standard InChI is InChI=1S/C23H28F2N8/c1-16-6-8-17(9-7-16)28-19-15-20(31(2)3)30-22(29-19)33-13-11-32(12-14-33)21-18(23(24,25)26)5-4-10-27-21/h4-10,15H,11-14,26H2,1-3H3,(H,28,29,30). The summed E-state index contributed by atoms with van der Waals surface area (Å²) >= 11 is 0. The monoisotopic (exact) mass is 454 g/mol. The molecule has 0 bridgehead atoms. The van der Waals surface area contributed by atoms with Crippen LogP contribution >= 0.6 is 0 Å². The number of pyridine rings is 1. The molecule has 0 atom stereocenters. The van der Waals surface area contributed by atoms with Gasteiger partial charge in [0.05, 0.1) is 5.56 Å². The molecule has 33 heavy (non-hydrogen) atoms. The molecule has 1 aliphatic rings. The molecule has 1 aromatic carbocycles. The number of hydrogen-bond acceptors (Lipinski definition) is 8. The second-order valence-electron chi connectivity index (χ2n) is 8.27. The summed E-state index contributed by atoms with van der Waals surface area (Å²) in [5.74, 6) is 2.26. The van der Waals surface area contributed by atoms with Gasteiger partial charge in [0, 0.05) is 58.2 Å². The molecule has 2 aromatic heterocycles. The molecule has 1 saturated heterocycles. The van der Waals surface area contributed by atoms with Crippen molar-refractivity contribution in [3.63, 3.8) is 0 Å². The van der Waals surface area contributed by atoms with Crippen molar-refractivity contribution in [2.24, 2.45) is 5.73 Å². The van der Waals surface area contributed by atoms with E-state index >= 15 is 0 Å². The lowest BCUT2D eigenvalue weighted by atomic mass is 10.2. The van der Waals surface area contributed by atoms with Crippen molar-refractivity contribution in [2.75, 3.05) is 60.3 Å². The number of rotatable bonds is 6. The van der Waals surface area contributed by atoms with Crippen LogP contribution < -0.4 is 25.8 Å². The highest BCUT2D eigenvalue weighted by Gasteiger charge is 2.32. The highest BCUT2D eigenvalue weighted by atomic mass is 19.3. The smallest absolute Gasteiger partial charge is 0.330 e. The zero-order valence-corrected chi connectivity index (χ0v) is 19.0. The van der Waals surface area contributed by atoms with Crippen molar-refractivity contribution in [1.29, 1.82) is 0 Å². The molecular formula is C23H28F2N8.